The minimum absolute atomic E-state index is 0.0172. The minimum atomic E-state index is -0.541. The topological polar surface area (TPSA) is 244 Å². The molecular weight excluding hydrogens is 1490 g/mol. The molecular formula is C81H70Cl3N13O6S4. The number of aromatic nitrogens is 8. The van der Waals surface area contributed by atoms with Gasteiger partial charge in [0.1, 0.15) is 11.5 Å². The number of amides is 3. The van der Waals surface area contributed by atoms with Crippen LogP contribution in [0.1, 0.15) is 80.3 Å². The molecule has 26 heteroatoms. The summed E-state index contributed by atoms with van der Waals surface area (Å²) in [6, 6.07) is 74.5. The van der Waals surface area contributed by atoms with Crippen LogP contribution in [0.2, 0.25) is 15.9 Å². The fourth-order valence-corrected chi connectivity index (χ4v) is 14.5. The van der Waals surface area contributed by atoms with Crippen molar-refractivity contribution in [2.24, 2.45) is 0 Å². The van der Waals surface area contributed by atoms with Gasteiger partial charge in [0, 0.05) is 86.3 Å². The second-order valence-corrected chi connectivity index (χ2v) is 29.0. The molecule has 14 aromatic rings. The highest BCUT2D eigenvalue weighted by Gasteiger charge is 2.20. The van der Waals surface area contributed by atoms with Gasteiger partial charge < -0.3 is 40.7 Å². The summed E-state index contributed by atoms with van der Waals surface area (Å²) in [4.78, 5) is 81.1. The third-order valence-corrected chi connectivity index (χ3v) is 20.7. The molecule has 0 fully saturated rings. The normalized spacial score (nSPS) is 10.9. The van der Waals surface area contributed by atoms with Crippen molar-refractivity contribution in [3.05, 3.63) is 330 Å². The minimum Gasteiger partial charge on any atom is -0.497 e. The van der Waals surface area contributed by atoms with Gasteiger partial charge in [-0.3, -0.25) is 14.4 Å². The van der Waals surface area contributed by atoms with E-state index >= 15 is 0 Å². The standard InChI is InChI=1S/C24H20ClN3O2S.C24H22N4O2S.C17H16ClN3OS.C16H12ClN3OS/c1-30-19-9-7-17(8-10-19)15-28(23(29)18-5-3-2-4-6-18)16-20-11-12-22(31-20)21-13-14-26-24(25)27-21;1-16(29)18-8-5-9-19(14-18)27-24-25-13-12-21(28-24)22-11-10-20(31-22)15-26-23(30)17-6-3-2-4-7-17;1-22-13-4-2-12(3-5-13)10-19-11-14-6-7-16(23-14)15-8-9-20-17(18)21-15;17-16-18-9-8-13(20-16)14-7-6-12(22-14)10-19-15(21)11-4-2-1-3-5-11/h2-14H,15-16H2,1H3;2-14,16,29H,15H2,1H3,(H,26,30)(H,25,27,28);2-9,19H,10-11H2,1H3;1-9H,10H2,(H,19,21). The first-order chi connectivity index (χ1) is 52.2. The Morgan fingerprint density at radius 2 is 0.841 bits per heavy atom. The van der Waals surface area contributed by atoms with E-state index < -0.39 is 6.10 Å². The molecule has 5 N–H and O–H groups in total. The smallest absolute Gasteiger partial charge is 0.254 e. The van der Waals surface area contributed by atoms with E-state index in [0.717, 1.165) is 98.3 Å². The second-order valence-electron chi connectivity index (χ2n) is 23.3. The number of hydrogen-bond acceptors (Lipinski definition) is 20. The van der Waals surface area contributed by atoms with Crippen molar-refractivity contribution >= 4 is 110 Å². The Balaban J connectivity index is 0.000000144. The number of methoxy groups -OCH3 is 2. The number of carbonyl (C=O) groups is 3. The van der Waals surface area contributed by atoms with Crippen LogP contribution >= 0.6 is 80.1 Å². The van der Waals surface area contributed by atoms with Crippen molar-refractivity contribution in [2.75, 3.05) is 19.5 Å². The van der Waals surface area contributed by atoms with Crippen LogP contribution in [0.5, 0.6) is 11.5 Å². The van der Waals surface area contributed by atoms with E-state index in [1.165, 1.54) is 10.4 Å². The predicted octanol–water partition coefficient (Wildman–Crippen LogP) is 18.6. The van der Waals surface area contributed by atoms with Gasteiger partial charge >= 0.3 is 0 Å². The number of aliphatic hydroxyl groups excluding tert-OH is 1. The number of thiophene rings is 4. The molecule has 0 spiro atoms. The molecule has 19 nitrogen and oxygen atoms in total. The lowest BCUT2D eigenvalue weighted by atomic mass is 10.1. The monoisotopic (exact) mass is 1550 g/mol. The maximum absolute atomic E-state index is 13.3. The molecule has 0 aliphatic carbocycles. The average Bonchev–Trinajstić information content (AvgIpc) is 1.81. The number of rotatable bonds is 24. The summed E-state index contributed by atoms with van der Waals surface area (Å²) < 4.78 is 10.4. The highest BCUT2D eigenvalue weighted by Crippen LogP contribution is 2.33. The Labute approximate surface area is 650 Å². The number of nitrogens with one attached hydrogen (secondary N) is 4. The molecule has 540 valence electrons. The fourth-order valence-electron chi connectivity index (χ4n) is 10.3. The molecule has 107 heavy (non-hydrogen) atoms. The molecule has 6 aromatic carbocycles. The summed E-state index contributed by atoms with van der Waals surface area (Å²) in [6.45, 7) is 5.28. The number of hydrogen-bond donors (Lipinski definition) is 5. The average molecular weight is 1560 g/mol. The van der Waals surface area contributed by atoms with Crippen LogP contribution in [0, 0.1) is 0 Å². The molecule has 0 saturated heterocycles. The molecule has 0 aliphatic rings. The number of anilines is 2. The summed E-state index contributed by atoms with van der Waals surface area (Å²) in [7, 11) is 3.31. The summed E-state index contributed by atoms with van der Waals surface area (Å²) in [5, 5.41) is 23.0. The molecule has 3 amide bonds. The maximum Gasteiger partial charge on any atom is 0.254 e. The van der Waals surface area contributed by atoms with Crippen LogP contribution in [0.4, 0.5) is 11.6 Å². The number of benzene rings is 6. The van der Waals surface area contributed by atoms with Crippen molar-refractivity contribution < 1.29 is 29.0 Å². The van der Waals surface area contributed by atoms with Crippen LogP contribution in [-0.4, -0.2) is 81.8 Å². The Morgan fingerprint density at radius 3 is 1.29 bits per heavy atom. The number of halogens is 3. The van der Waals surface area contributed by atoms with E-state index in [9.17, 15) is 19.5 Å². The van der Waals surface area contributed by atoms with Crippen LogP contribution in [0.15, 0.2) is 261 Å². The van der Waals surface area contributed by atoms with Gasteiger partial charge in [-0.2, -0.15) is 0 Å². The van der Waals surface area contributed by atoms with E-state index in [-0.39, 0.29) is 33.6 Å². The van der Waals surface area contributed by atoms with Gasteiger partial charge in [-0.15, -0.1) is 45.3 Å². The van der Waals surface area contributed by atoms with Gasteiger partial charge in [0.2, 0.25) is 21.8 Å². The Kier molecular flexibility index (Phi) is 28.4. The second kappa shape index (κ2) is 39.4. The lowest BCUT2D eigenvalue weighted by molar-refractivity contribution is 0.0731. The third-order valence-electron chi connectivity index (χ3n) is 15.7. The zero-order chi connectivity index (χ0) is 74.7. The van der Waals surface area contributed by atoms with Crippen molar-refractivity contribution in [3.63, 3.8) is 0 Å². The van der Waals surface area contributed by atoms with Gasteiger partial charge in [0.05, 0.1) is 82.2 Å². The highest BCUT2D eigenvalue weighted by atomic mass is 35.5. The molecule has 14 rings (SSSR count). The van der Waals surface area contributed by atoms with E-state index in [1.807, 2.05) is 193 Å². The van der Waals surface area contributed by atoms with Gasteiger partial charge in [0.25, 0.3) is 17.7 Å². The lowest BCUT2D eigenvalue weighted by Gasteiger charge is -2.22. The maximum atomic E-state index is 13.3. The molecule has 0 aliphatic heterocycles. The summed E-state index contributed by atoms with van der Waals surface area (Å²) in [5.41, 5.74) is 9.06. The fraction of sp³-hybridized carbons (Fsp3) is 0.123. The number of carbonyl (C=O) groups excluding carboxylic acids is 3. The summed E-state index contributed by atoms with van der Waals surface area (Å²) in [6.07, 6.45) is 6.10. The Bertz CT molecular complexity index is 5170. The van der Waals surface area contributed by atoms with E-state index in [4.69, 9.17) is 44.3 Å². The highest BCUT2D eigenvalue weighted by molar-refractivity contribution is 7.16. The van der Waals surface area contributed by atoms with Crippen LogP contribution in [-0.2, 0) is 39.3 Å². The van der Waals surface area contributed by atoms with Crippen molar-refractivity contribution in [3.8, 4) is 53.8 Å². The largest absolute Gasteiger partial charge is 0.497 e. The quantitative estimate of drug-likeness (QED) is 0.0353. The molecule has 0 radical (unpaired) electrons. The molecule has 0 saturated carbocycles. The van der Waals surface area contributed by atoms with E-state index in [0.29, 0.717) is 48.8 Å². The summed E-state index contributed by atoms with van der Waals surface area (Å²) in [5.74, 6) is 1.95. The lowest BCUT2D eigenvalue weighted by Crippen LogP contribution is -2.29. The van der Waals surface area contributed by atoms with Crippen LogP contribution in [0.25, 0.3) is 42.3 Å². The Hall–Kier alpha value is -11.0. The predicted molar refractivity (Wildman–Crippen MR) is 429 cm³/mol. The molecule has 1 unspecified atom stereocenters. The van der Waals surface area contributed by atoms with Gasteiger partial charge in [0.15, 0.2) is 0 Å². The van der Waals surface area contributed by atoms with Crippen molar-refractivity contribution in [1.29, 1.82) is 0 Å². The third kappa shape index (κ3) is 23.5. The van der Waals surface area contributed by atoms with Crippen LogP contribution in [0.3, 0.4) is 0 Å². The van der Waals surface area contributed by atoms with E-state index in [1.54, 1.807) is 116 Å². The van der Waals surface area contributed by atoms with E-state index in [2.05, 4.69) is 85.4 Å². The summed E-state index contributed by atoms with van der Waals surface area (Å²) >= 11 is 24.0. The number of ether oxygens (including phenoxy) is 2. The Morgan fingerprint density at radius 1 is 0.430 bits per heavy atom. The SMILES string of the molecule is CC(O)c1cccc(Nc2nccc(-c3ccc(CNC(=O)c4ccccc4)s3)n2)c1.COc1ccc(CN(Cc2ccc(-c3ccnc(Cl)n3)s2)C(=O)c2ccccc2)cc1.COc1ccc(CNCc2ccc(-c3ccnc(Cl)n3)s2)cc1.O=C(NCc1ccc(-c2ccnc(Cl)n2)s1)c1ccccc1. The molecule has 1 atom stereocenters. The van der Waals surface area contributed by atoms with Gasteiger partial charge in [-0.1, -0.05) is 91.0 Å². The zero-order valence-corrected chi connectivity index (χ0v) is 63.5. The molecule has 8 heterocycles. The van der Waals surface area contributed by atoms with Gasteiger partial charge in [-0.25, -0.2) is 39.9 Å². The van der Waals surface area contributed by atoms with Crippen LogP contribution < -0.4 is 30.7 Å². The van der Waals surface area contributed by atoms with Crippen molar-refractivity contribution in [1.82, 2.24) is 60.7 Å². The number of aliphatic hydroxyl groups is 1. The van der Waals surface area contributed by atoms with Gasteiger partial charge in [-0.05, 0) is 204 Å². The number of nitrogens with zero attached hydrogens (tertiary/aromatic N) is 9. The molecule has 8 aromatic heterocycles. The first-order valence-corrected chi connectivity index (χ1v) is 37.7. The zero-order valence-electron chi connectivity index (χ0n) is 57.9. The molecule has 0 bridgehead atoms. The first-order valence-electron chi connectivity index (χ1n) is 33.3. The van der Waals surface area contributed by atoms with Crippen molar-refractivity contribution in [2.45, 2.75) is 52.3 Å². The first kappa shape index (κ1) is 77.1.